The van der Waals surface area contributed by atoms with Crippen LogP contribution in [0.25, 0.3) is 0 Å². The predicted molar refractivity (Wildman–Crippen MR) is 343 cm³/mol. The first kappa shape index (κ1) is 92.1. The van der Waals surface area contributed by atoms with Crippen molar-refractivity contribution in [1.82, 2.24) is 21.3 Å². The Balaban J connectivity index is 1.06. The van der Waals surface area contributed by atoms with Crippen molar-refractivity contribution in [2.75, 3.05) is 59.5 Å². The number of hydrogen-bond donors (Lipinski definition) is 29. The van der Waals surface area contributed by atoms with E-state index < -0.39 is 359 Å². The summed E-state index contributed by atoms with van der Waals surface area (Å²) in [7, 11) is 0. The number of amides is 4. The molecule has 50 heteroatoms. The van der Waals surface area contributed by atoms with Crippen molar-refractivity contribution in [2.24, 2.45) is 0 Å². The van der Waals surface area contributed by atoms with E-state index >= 15 is 0 Å². The van der Waals surface area contributed by atoms with Crippen molar-refractivity contribution in [3.05, 3.63) is 0 Å². The van der Waals surface area contributed by atoms with Crippen molar-refractivity contribution < 1.29 is 227 Å². The Hall–Kier alpha value is -3.80. The lowest BCUT2D eigenvalue weighted by atomic mass is 9.93. The van der Waals surface area contributed by atoms with Crippen LogP contribution in [0.3, 0.4) is 0 Å². The first-order chi connectivity index (χ1) is 53.0. The van der Waals surface area contributed by atoms with Crippen LogP contribution in [-0.2, 0) is 99.7 Å². The number of ether oxygens (including phenoxy) is 17. The van der Waals surface area contributed by atoms with Gasteiger partial charge in [0.05, 0.1) is 59.5 Å². The minimum atomic E-state index is -2.58. The number of aliphatic hydroxyl groups excluding tert-OH is 25. The second kappa shape index (κ2) is 40.3. The number of rotatable bonds is 29. The first-order valence-corrected chi connectivity index (χ1v) is 35.6. The zero-order valence-electron chi connectivity index (χ0n) is 60.1. The van der Waals surface area contributed by atoms with Crippen LogP contribution in [0.4, 0.5) is 0 Å². The van der Waals surface area contributed by atoms with Gasteiger partial charge in [-0.05, 0) is 0 Å². The van der Waals surface area contributed by atoms with E-state index in [1.165, 1.54) is 0 Å². The van der Waals surface area contributed by atoms with Gasteiger partial charge >= 0.3 is 0 Å². The summed E-state index contributed by atoms with van der Waals surface area (Å²) in [6.07, 6.45) is -85.6. The highest BCUT2D eigenvalue weighted by Crippen LogP contribution is 2.40. The monoisotopic (exact) mass is 1640 g/mol. The van der Waals surface area contributed by atoms with Crippen LogP contribution in [0.15, 0.2) is 0 Å². The molecular weight excluding hydrogens is 1540 g/mol. The topological polar surface area (TPSA) is 779 Å². The summed E-state index contributed by atoms with van der Waals surface area (Å²) < 4.78 is 101. The third-order valence-electron chi connectivity index (χ3n) is 20.4. The summed E-state index contributed by atoms with van der Waals surface area (Å²) in [6.45, 7) is -6.07. The van der Waals surface area contributed by atoms with E-state index in [1.54, 1.807) is 0 Å². The van der Waals surface area contributed by atoms with Gasteiger partial charge < -0.3 is 229 Å². The van der Waals surface area contributed by atoms with E-state index in [1.807, 2.05) is 0 Å². The quantitative estimate of drug-likeness (QED) is 0.0331. The van der Waals surface area contributed by atoms with Crippen molar-refractivity contribution >= 4 is 23.6 Å². The lowest BCUT2D eigenvalue weighted by Gasteiger charge is -2.51. The maximum atomic E-state index is 13.0. The largest absolute Gasteiger partial charge is 0.394 e. The second-order valence-corrected chi connectivity index (χ2v) is 28.2. The molecule has 9 fully saturated rings. The molecule has 9 heterocycles. The minimum Gasteiger partial charge on any atom is -0.394 e. The number of carbonyl (C=O) groups excluding carboxylic acids is 4. The number of carbonyl (C=O) groups is 4. The van der Waals surface area contributed by atoms with Gasteiger partial charge in [-0.15, -0.1) is 0 Å². The predicted octanol–water partition coefficient (Wildman–Crippen LogP) is -20.1. The molecule has 45 atom stereocenters. The van der Waals surface area contributed by atoms with Gasteiger partial charge in [-0.2, -0.15) is 0 Å². The van der Waals surface area contributed by atoms with E-state index in [0.29, 0.717) is 0 Å². The summed E-state index contributed by atoms with van der Waals surface area (Å²) in [6, 6.07) is -7.43. The van der Waals surface area contributed by atoms with Crippen LogP contribution in [0, 0.1) is 0 Å². The van der Waals surface area contributed by atoms with Gasteiger partial charge in [0, 0.05) is 27.7 Å². The van der Waals surface area contributed by atoms with Crippen LogP contribution >= 0.6 is 0 Å². The maximum Gasteiger partial charge on any atom is 0.217 e. The summed E-state index contributed by atoms with van der Waals surface area (Å²) in [4.78, 5) is 51.1. The summed E-state index contributed by atoms with van der Waals surface area (Å²) in [5.41, 5.74) is 0. The minimum absolute atomic E-state index is 0.789. The average Bonchev–Trinajstić information content (AvgIpc) is 0.772. The molecule has 648 valence electrons. The fourth-order valence-corrected chi connectivity index (χ4v) is 14.4. The molecule has 0 radical (unpaired) electrons. The number of aliphatic hydroxyl groups is 25. The standard InChI is InChI=1S/C62H104N4O46/c1-14(75)63-27-37(85)47(23(10-72)97-54(27)95)106-55-28(64-15(2)76)38(86)49(25(12-74)103-55)108-60-46(94)51(110-62-53(43(91)34(82)21(8-70)102-62)112-56-29(65-16(3)77)39(87)48(24(11-73)104-56)107-58-44(92)40(88)31(79)18(5-67)99-58)36(84)26(105-60)13-96-61-52(42(90)33(81)20(7-69)101-61)111-57-30(66-17(4)78)50(35(83)22(9-71)98-57)109-59-45(93)41(89)32(80)19(6-68)100-59/h18-62,67-74,79-95H,5-13H2,1-4H3,(H,63,75)(H,64,76)(H,65,77)(H,66,78)/t18-,19-,20-,21-,22-,23-,24-,25-,26-,27-,28-,29-,30-,31+,32+,33-,34-,35-,36-,37-,38-,39-,40+,41+,42+,43+,44-,45-,46+,47-,48-,49-,50-,51+,52+,53+,54-,55+,56+,57+,58+,59+,60+,61+,62-/m1/s1. The van der Waals surface area contributed by atoms with Crippen molar-refractivity contribution in [2.45, 2.75) is 304 Å². The Bertz CT molecular complexity index is 2970. The molecule has 0 aromatic heterocycles. The molecule has 9 aliphatic rings. The normalized spacial score (nSPS) is 48.9. The molecule has 9 saturated heterocycles. The first-order valence-electron chi connectivity index (χ1n) is 35.6. The molecule has 0 unspecified atom stereocenters. The lowest BCUT2D eigenvalue weighted by Crippen LogP contribution is -2.71. The van der Waals surface area contributed by atoms with Gasteiger partial charge in [0.25, 0.3) is 0 Å². The molecule has 0 bridgehead atoms. The van der Waals surface area contributed by atoms with E-state index in [9.17, 15) is 147 Å². The van der Waals surface area contributed by atoms with Gasteiger partial charge in [0.1, 0.15) is 219 Å². The summed E-state index contributed by atoms with van der Waals surface area (Å²) in [5, 5.41) is 287. The molecule has 0 aromatic rings. The van der Waals surface area contributed by atoms with E-state index in [-0.39, 0.29) is 0 Å². The van der Waals surface area contributed by atoms with Gasteiger partial charge in [0.15, 0.2) is 56.6 Å². The fourth-order valence-electron chi connectivity index (χ4n) is 14.4. The SMILES string of the molecule is CC(=O)N[C@@H]1[C@@H](O)[C@H](O[C@@H]2O[C@H](CO)[C@@H](O[C@@H]3O[C@H](CO[C@H]4O[C@H](CO)[C@@H](O)[C@H](O)[C@@H]4O[C@@H]4O[C@H](CO)[C@@H](O)[C@H](O[C@@H]5O[C@H](CO)[C@H](O)[C@H](O)[C@H]5O)[C@H]4NC(C)=O)[C@@H](O)[C@H](O[C@H]4O[C@H](CO)[C@@H](O)[C@H](O)[C@@H]4O[C@@H]4O[C@H](CO)[C@@H](O[C@@H]5O[C@H](CO)[C@H](O)[C@H](O)[C@H]5O)[C@H](O)[C@H]4NC(C)=O)[C@@H]3O)[C@H](O)[C@H]2NC(C)=O)[C@@H](CO)O[C@H]1O. The molecule has 9 rings (SSSR count). The molecule has 29 N–H and O–H groups in total. The Kier molecular flexibility index (Phi) is 33.1. The number of nitrogens with one attached hydrogen (secondary N) is 4. The molecule has 50 nitrogen and oxygen atoms in total. The molecule has 4 amide bonds. The molecule has 0 saturated carbocycles. The highest BCUT2D eigenvalue weighted by molar-refractivity contribution is 5.74. The third-order valence-corrected chi connectivity index (χ3v) is 20.4. The Morgan fingerprint density at radius 3 is 0.920 bits per heavy atom. The van der Waals surface area contributed by atoms with Crippen LogP contribution in [0.2, 0.25) is 0 Å². The molecule has 0 spiro atoms. The van der Waals surface area contributed by atoms with Crippen LogP contribution in [0.5, 0.6) is 0 Å². The Morgan fingerprint density at radius 2 is 0.500 bits per heavy atom. The highest BCUT2D eigenvalue weighted by Gasteiger charge is 2.61. The van der Waals surface area contributed by atoms with Crippen molar-refractivity contribution in [3.63, 3.8) is 0 Å². The maximum absolute atomic E-state index is 13.0. The average molecular weight is 1640 g/mol. The van der Waals surface area contributed by atoms with E-state index in [4.69, 9.17) is 80.5 Å². The van der Waals surface area contributed by atoms with E-state index in [2.05, 4.69) is 21.3 Å². The molecular formula is C62H104N4O46. The van der Waals surface area contributed by atoms with Gasteiger partial charge in [0.2, 0.25) is 23.6 Å². The Morgan fingerprint density at radius 1 is 0.232 bits per heavy atom. The van der Waals surface area contributed by atoms with Gasteiger partial charge in [-0.25, -0.2) is 0 Å². The smallest absolute Gasteiger partial charge is 0.217 e. The highest BCUT2D eigenvalue weighted by atomic mass is 16.8. The molecule has 0 aromatic carbocycles. The zero-order chi connectivity index (χ0) is 82.5. The van der Waals surface area contributed by atoms with Gasteiger partial charge in [-0.1, -0.05) is 0 Å². The van der Waals surface area contributed by atoms with Crippen LogP contribution < -0.4 is 21.3 Å². The van der Waals surface area contributed by atoms with Gasteiger partial charge in [-0.3, -0.25) is 19.2 Å². The molecule has 9 aliphatic heterocycles. The molecule has 0 aliphatic carbocycles. The molecule has 112 heavy (non-hydrogen) atoms. The Labute approximate surface area is 634 Å². The van der Waals surface area contributed by atoms with Crippen molar-refractivity contribution in [3.8, 4) is 0 Å². The number of hydrogen-bond acceptors (Lipinski definition) is 46. The summed E-state index contributed by atoms with van der Waals surface area (Å²) in [5.74, 6) is -3.63. The zero-order valence-corrected chi connectivity index (χ0v) is 60.1. The summed E-state index contributed by atoms with van der Waals surface area (Å²) >= 11 is 0. The fraction of sp³-hybridized carbons (Fsp3) is 0.935. The second-order valence-electron chi connectivity index (χ2n) is 28.2. The third kappa shape index (κ3) is 20.2. The van der Waals surface area contributed by atoms with Crippen LogP contribution in [0.1, 0.15) is 27.7 Å². The van der Waals surface area contributed by atoms with Crippen LogP contribution in [-0.4, -0.2) is 487 Å². The lowest BCUT2D eigenvalue weighted by molar-refractivity contribution is -0.399. The van der Waals surface area contributed by atoms with E-state index in [0.717, 1.165) is 27.7 Å². The van der Waals surface area contributed by atoms with Crippen molar-refractivity contribution in [1.29, 1.82) is 0 Å².